The van der Waals surface area contributed by atoms with Crippen molar-refractivity contribution < 1.29 is 24.5 Å². The van der Waals surface area contributed by atoms with E-state index in [9.17, 15) is 14.7 Å². The van der Waals surface area contributed by atoms with Gasteiger partial charge in [0.25, 0.3) is 0 Å². The molecular formula is C22H37N3O5. The first kappa shape index (κ1) is 25.9. The van der Waals surface area contributed by atoms with Gasteiger partial charge in [-0.05, 0) is 45.1 Å². The molecule has 0 aromatic heterocycles. The van der Waals surface area contributed by atoms with Gasteiger partial charge in [-0.1, -0.05) is 44.2 Å². The maximum atomic E-state index is 12.5. The number of aliphatic hydroxyl groups is 2. The van der Waals surface area contributed by atoms with Gasteiger partial charge in [0, 0.05) is 6.54 Å². The molecule has 0 aliphatic rings. The Morgan fingerprint density at radius 3 is 2.30 bits per heavy atom. The lowest BCUT2D eigenvalue weighted by Gasteiger charge is -2.30. The van der Waals surface area contributed by atoms with E-state index >= 15 is 0 Å². The summed E-state index contributed by atoms with van der Waals surface area (Å²) in [7, 11) is 0. The molecule has 30 heavy (non-hydrogen) atoms. The number of rotatable bonds is 11. The Bertz CT molecular complexity index is 646. The largest absolute Gasteiger partial charge is 0.444 e. The zero-order chi connectivity index (χ0) is 22.7. The first-order valence-electron chi connectivity index (χ1n) is 10.4. The number of carbonyl (C=O) groups is 2. The highest BCUT2D eigenvalue weighted by Crippen LogP contribution is 2.12. The highest BCUT2D eigenvalue weighted by atomic mass is 16.6. The number of benzene rings is 1. The van der Waals surface area contributed by atoms with Crippen LogP contribution in [0.3, 0.4) is 0 Å². The minimum atomic E-state index is -1.19. The van der Waals surface area contributed by atoms with Crippen LogP contribution in [0.25, 0.3) is 0 Å². The summed E-state index contributed by atoms with van der Waals surface area (Å²) in [5, 5.41) is 28.1. The second-order valence-corrected chi connectivity index (χ2v) is 8.75. The summed E-state index contributed by atoms with van der Waals surface area (Å²) in [6.45, 7) is 9.20. The van der Waals surface area contributed by atoms with Gasteiger partial charge in [0.2, 0.25) is 5.91 Å². The Hall–Kier alpha value is -2.16. The number of amides is 2. The Morgan fingerprint density at radius 2 is 1.77 bits per heavy atom. The molecule has 1 aromatic rings. The van der Waals surface area contributed by atoms with Crippen molar-refractivity contribution in [1.29, 1.82) is 0 Å². The number of hydrogen-bond donors (Lipinski definition) is 5. The van der Waals surface area contributed by atoms with Crippen LogP contribution in [0.2, 0.25) is 0 Å². The minimum Gasteiger partial charge on any atom is -0.444 e. The molecule has 1 aromatic carbocycles. The van der Waals surface area contributed by atoms with E-state index < -0.39 is 30.0 Å². The predicted octanol–water partition coefficient (Wildman–Crippen LogP) is 1.55. The maximum absolute atomic E-state index is 12.5. The third-order valence-corrected chi connectivity index (χ3v) is 4.19. The third kappa shape index (κ3) is 10.6. The van der Waals surface area contributed by atoms with Gasteiger partial charge in [-0.25, -0.2) is 4.79 Å². The van der Waals surface area contributed by atoms with Crippen LogP contribution < -0.4 is 16.0 Å². The van der Waals surface area contributed by atoms with E-state index in [-0.39, 0.29) is 25.0 Å². The van der Waals surface area contributed by atoms with E-state index in [1.54, 1.807) is 20.8 Å². The molecular weight excluding hydrogens is 386 g/mol. The van der Waals surface area contributed by atoms with Crippen LogP contribution in [0.1, 0.15) is 46.6 Å². The van der Waals surface area contributed by atoms with Gasteiger partial charge in [0.05, 0.1) is 18.7 Å². The summed E-state index contributed by atoms with van der Waals surface area (Å²) in [6.07, 6.45) is -1.00. The molecule has 0 saturated carbocycles. The van der Waals surface area contributed by atoms with E-state index in [2.05, 4.69) is 16.0 Å². The molecule has 0 saturated heterocycles. The van der Waals surface area contributed by atoms with E-state index in [0.717, 1.165) is 5.56 Å². The minimum absolute atomic E-state index is 0.134. The van der Waals surface area contributed by atoms with Crippen molar-refractivity contribution in [3.05, 3.63) is 35.9 Å². The van der Waals surface area contributed by atoms with Crippen molar-refractivity contribution in [1.82, 2.24) is 16.0 Å². The molecule has 0 aliphatic heterocycles. The first-order chi connectivity index (χ1) is 14.0. The molecule has 0 spiro atoms. The summed E-state index contributed by atoms with van der Waals surface area (Å²) in [5.74, 6) is -0.117. The highest BCUT2D eigenvalue weighted by Gasteiger charge is 2.29. The zero-order valence-corrected chi connectivity index (χ0v) is 18.6. The maximum Gasteiger partial charge on any atom is 0.408 e. The second kappa shape index (κ2) is 12.5. The average Bonchev–Trinajstić information content (AvgIpc) is 2.64. The fraction of sp³-hybridized carbons (Fsp3) is 0.636. The SMILES string of the molecule is CC(C)C[C@H](NC(O)[C@H](Cc1ccccc1)NC(=O)OC(C)(C)C)C(=O)NCCO. The molecule has 1 rings (SSSR count). The summed E-state index contributed by atoms with van der Waals surface area (Å²) in [6, 6.07) is 8.05. The molecule has 0 heterocycles. The van der Waals surface area contributed by atoms with Crippen LogP contribution in [-0.4, -0.2) is 59.3 Å². The van der Waals surface area contributed by atoms with Gasteiger partial charge in [-0.15, -0.1) is 0 Å². The van der Waals surface area contributed by atoms with Gasteiger partial charge in [0.1, 0.15) is 11.8 Å². The number of aliphatic hydroxyl groups excluding tert-OH is 2. The van der Waals surface area contributed by atoms with E-state index in [4.69, 9.17) is 9.84 Å². The number of alkyl carbamates (subject to hydrolysis) is 1. The summed E-state index contributed by atoms with van der Waals surface area (Å²) in [4.78, 5) is 24.8. The van der Waals surface area contributed by atoms with E-state index in [1.165, 1.54) is 0 Å². The lowest BCUT2D eigenvalue weighted by molar-refractivity contribution is -0.124. The van der Waals surface area contributed by atoms with Gasteiger partial charge in [-0.2, -0.15) is 0 Å². The Kier molecular flexibility index (Phi) is 10.8. The molecule has 170 valence electrons. The van der Waals surface area contributed by atoms with Crippen LogP contribution >= 0.6 is 0 Å². The quantitative estimate of drug-likeness (QED) is 0.345. The summed E-state index contributed by atoms with van der Waals surface area (Å²) >= 11 is 0. The first-order valence-corrected chi connectivity index (χ1v) is 10.4. The molecule has 1 unspecified atom stereocenters. The summed E-state index contributed by atoms with van der Waals surface area (Å²) in [5.41, 5.74) is 0.244. The smallest absolute Gasteiger partial charge is 0.408 e. The molecule has 0 bridgehead atoms. The molecule has 8 heteroatoms. The van der Waals surface area contributed by atoms with E-state index in [1.807, 2.05) is 44.2 Å². The number of hydrogen-bond acceptors (Lipinski definition) is 6. The topological polar surface area (TPSA) is 120 Å². The van der Waals surface area contributed by atoms with Crippen molar-refractivity contribution in [2.45, 2.75) is 71.4 Å². The van der Waals surface area contributed by atoms with E-state index in [0.29, 0.717) is 12.8 Å². The number of carbonyl (C=O) groups excluding carboxylic acids is 2. The fourth-order valence-electron chi connectivity index (χ4n) is 2.92. The van der Waals surface area contributed by atoms with Gasteiger partial charge >= 0.3 is 6.09 Å². The lowest BCUT2D eigenvalue weighted by Crippen LogP contribution is -2.57. The molecule has 2 amide bonds. The molecule has 0 aliphatic carbocycles. The Morgan fingerprint density at radius 1 is 1.13 bits per heavy atom. The van der Waals surface area contributed by atoms with Crippen molar-refractivity contribution in [2.75, 3.05) is 13.2 Å². The summed E-state index contributed by atoms with van der Waals surface area (Å²) < 4.78 is 5.33. The van der Waals surface area contributed by atoms with Crippen molar-refractivity contribution in [2.24, 2.45) is 5.92 Å². The average molecular weight is 424 g/mol. The highest BCUT2D eigenvalue weighted by molar-refractivity contribution is 5.81. The van der Waals surface area contributed by atoms with Crippen LogP contribution in [0.4, 0.5) is 4.79 Å². The van der Waals surface area contributed by atoms with Crippen molar-refractivity contribution in [3.63, 3.8) is 0 Å². The number of ether oxygens (including phenoxy) is 1. The van der Waals surface area contributed by atoms with Crippen molar-refractivity contribution in [3.8, 4) is 0 Å². The van der Waals surface area contributed by atoms with Crippen LogP contribution in [0.5, 0.6) is 0 Å². The molecule has 8 nitrogen and oxygen atoms in total. The van der Waals surface area contributed by atoms with Gasteiger partial charge < -0.3 is 25.6 Å². The zero-order valence-electron chi connectivity index (χ0n) is 18.6. The normalized spacial score (nSPS) is 14.7. The fourth-order valence-corrected chi connectivity index (χ4v) is 2.92. The molecule has 0 fully saturated rings. The number of nitrogens with one attached hydrogen (secondary N) is 3. The van der Waals surface area contributed by atoms with Crippen molar-refractivity contribution >= 4 is 12.0 Å². The second-order valence-electron chi connectivity index (χ2n) is 8.75. The Balaban J connectivity index is 2.95. The van der Waals surface area contributed by atoms with Gasteiger partial charge in [0.15, 0.2) is 0 Å². The van der Waals surface area contributed by atoms with Gasteiger partial charge in [-0.3, -0.25) is 10.1 Å². The van der Waals surface area contributed by atoms with Crippen LogP contribution in [0, 0.1) is 5.92 Å². The predicted molar refractivity (Wildman–Crippen MR) is 116 cm³/mol. The van der Waals surface area contributed by atoms with Crippen LogP contribution in [0.15, 0.2) is 30.3 Å². The van der Waals surface area contributed by atoms with Crippen LogP contribution in [-0.2, 0) is 16.0 Å². The Labute approximate surface area is 179 Å². The lowest BCUT2D eigenvalue weighted by atomic mass is 10.0. The monoisotopic (exact) mass is 423 g/mol. The molecule has 5 N–H and O–H groups in total. The molecule has 3 atom stereocenters. The third-order valence-electron chi connectivity index (χ3n) is 4.19. The molecule has 0 radical (unpaired) electrons. The standard InChI is InChI=1S/C22H37N3O5/c1-15(2)13-17(19(27)23-11-12-26)24-20(28)18(14-16-9-7-6-8-10-16)25-21(29)30-22(3,4)5/h6-10,15,17-18,20,24,26,28H,11-14H2,1-5H3,(H,23,27)(H,25,29)/t17-,18-,20?/m0/s1.